The number of hydrogen-bond acceptors (Lipinski definition) is 2. The van der Waals surface area contributed by atoms with E-state index in [2.05, 4.69) is 81.4 Å². The molecule has 3 heteroatoms. The summed E-state index contributed by atoms with van der Waals surface area (Å²) in [6.07, 6.45) is 6.60. The Labute approximate surface area is 170 Å². The average Bonchev–Trinajstić information content (AvgIpc) is 3.26. The largest absolute Gasteiger partial charge is 0.407 e. The first kappa shape index (κ1) is 19.6. The Bertz CT molecular complexity index is 775. The van der Waals surface area contributed by atoms with Gasteiger partial charge in [0.05, 0.1) is 0 Å². The summed E-state index contributed by atoms with van der Waals surface area (Å²) < 4.78 is 7.18. The Hall–Kier alpha value is -1.71. The summed E-state index contributed by atoms with van der Waals surface area (Å²) in [5.74, 6) is 0. The van der Waals surface area contributed by atoms with Crippen molar-refractivity contribution in [2.24, 2.45) is 10.8 Å². The molecule has 148 valence electrons. The van der Waals surface area contributed by atoms with Crippen LogP contribution in [-0.2, 0) is 9.22 Å². The lowest BCUT2D eigenvalue weighted by atomic mass is 9.83. The molecule has 2 aromatic rings. The molecule has 2 bridgehead atoms. The molecule has 0 N–H and O–H groups in total. The molecule has 0 aliphatic heterocycles. The molecule has 2 fully saturated rings. The van der Waals surface area contributed by atoms with Gasteiger partial charge in [0.1, 0.15) is 6.29 Å². The van der Waals surface area contributed by atoms with Crippen molar-refractivity contribution in [3.63, 3.8) is 0 Å². The first-order valence-electron chi connectivity index (χ1n) is 10.6. The third-order valence-corrected chi connectivity index (χ3v) is 12.3. The molecular formula is C25H32O2Si. The molecule has 0 heterocycles. The molecule has 2 nitrogen and oxygen atoms in total. The minimum atomic E-state index is -2.48. The van der Waals surface area contributed by atoms with Gasteiger partial charge in [0, 0.05) is 12.0 Å². The topological polar surface area (TPSA) is 26.3 Å². The van der Waals surface area contributed by atoms with Crippen LogP contribution in [0, 0.1) is 10.8 Å². The van der Waals surface area contributed by atoms with E-state index in [1.54, 1.807) is 0 Å². The molecule has 0 unspecified atom stereocenters. The zero-order valence-electron chi connectivity index (χ0n) is 17.4. The predicted octanol–water partition coefficient (Wildman–Crippen LogP) is 4.71. The van der Waals surface area contributed by atoms with Crippen molar-refractivity contribution in [2.45, 2.75) is 57.9 Å². The molecule has 0 radical (unpaired) electrons. The Morgan fingerprint density at radius 2 is 1.39 bits per heavy atom. The summed E-state index contributed by atoms with van der Waals surface area (Å²) in [5, 5.41) is 2.68. The number of rotatable bonds is 6. The lowest BCUT2D eigenvalue weighted by molar-refractivity contribution is -0.115. The van der Waals surface area contributed by atoms with E-state index < -0.39 is 8.32 Å². The number of carbonyl (C=O) groups excluding carboxylic acids is 1. The van der Waals surface area contributed by atoms with Gasteiger partial charge in [0.15, 0.2) is 0 Å². The second-order valence-corrected chi connectivity index (χ2v) is 14.4. The van der Waals surface area contributed by atoms with Crippen LogP contribution in [-0.4, -0.2) is 21.2 Å². The number of hydrogen-bond donors (Lipinski definition) is 0. The van der Waals surface area contributed by atoms with E-state index in [0.717, 1.165) is 38.7 Å². The van der Waals surface area contributed by atoms with E-state index in [1.165, 1.54) is 16.7 Å². The van der Waals surface area contributed by atoms with E-state index in [1.807, 2.05) is 0 Å². The number of fused-ring (bicyclic) bond motifs is 2. The van der Waals surface area contributed by atoms with Crippen LogP contribution < -0.4 is 10.4 Å². The van der Waals surface area contributed by atoms with Gasteiger partial charge in [0.2, 0.25) is 0 Å². The van der Waals surface area contributed by atoms with Gasteiger partial charge < -0.3 is 9.22 Å². The van der Waals surface area contributed by atoms with E-state index in [9.17, 15) is 4.79 Å². The summed E-state index contributed by atoms with van der Waals surface area (Å²) in [4.78, 5) is 11.7. The van der Waals surface area contributed by atoms with E-state index >= 15 is 0 Å². The van der Waals surface area contributed by atoms with Gasteiger partial charge in [-0.1, -0.05) is 81.4 Å². The van der Waals surface area contributed by atoms with Crippen LogP contribution in [0.5, 0.6) is 0 Å². The maximum absolute atomic E-state index is 11.7. The maximum Gasteiger partial charge on any atom is 0.261 e. The summed E-state index contributed by atoms with van der Waals surface area (Å²) in [6, 6.07) is 21.7. The Morgan fingerprint density at radius 1 is 0.893 bits per heavy atom. The molecule has 2 aliphatic carbocycles. The molecule has 2 saturated carbocycles. The SMILES string of the molecule is CC(C)(C)[Si](OCC12CCC(C=O)(CC1)C2)(c1ccccc1)c1ccccc1. The lowest BCUT2D eigenvalue weighted by Crippen LogP contribution is -2.67. The zero-order chi connectivity index (χ0) is 19.9. The fraction of sp³-hybridized carbons (Fsp3) is 0.480. The van der Waals surface area contributed by atoms with Crippen LogP contribution in [0.15, 0.2) is 60.7 Å². The maximum atomic E-state index is 11.7. The highest BCUT2D eigenvalue weighted by molar-refractivity contribution is 6.99. The second kappa shape index (κ2) is 6.96. The van der Waals surface area contributed by atoms with Crippen molar-refractivity contribution in [1.29, 1.82) is 0 Å². The quantitative estimate of drug-likeness (QED) is 0.525. The minimum Gasteiger partial charge on any atom is -0.407 e. The number of benzene rings is 2. The van der Waals surface area contributed by atoms with Crippen molar-refractivity contribution in [2.75, 3.05) is 6.61 Å². The minimum absolute atomic E-state index is 0.00526. The second-order valence-electron chi connectivity index (χ2n) is 10.1. The Balaban J connectivity index is 1.75. The van der Waals surface area contributed by atoms with Gasteiger partial charge in [-0.25, -0.2) is 0 Å². The number of aldehydes is 1. The molecule has 0 aromatic heterocycles. The van der Waals surface area contributed by atoms with Gasteiger partial charge in [0.25, 0.3) is 8.32 Å². The first-order valence-corrected chi connectivity index (χ1v) is 12.5. The Kier molecular flexibility index (Phi) is 4.87. The van der Waals surface area contributed by atoms with Crippen molar-refractivity contribution in [1.82, 2.24) is 0 Å². The van der Waals surface area contributed by atoms with E-state index in [-0.39, 0.29) is 15.9 Å². The summed E-state index contributed by atoms with van der Waals surface area (Å²) in [5.41, 5.74) is 0.128. The molecule has 0 saturated heterocycles. The summed E-state index contributed by atoms with van der Waals surface area (Å²) >= 11 is 0. The molecule has 4 rings (SSSR count). The standard InChI is InChI=1S/C25H32O2Si/c1-23(2,3)28(21-10-6-4-7-11-21,22-12-8-5-9-13-22)27-20-25-16-14-24(18-25,19-26)15-17-25/h4-13,19H,14-18,20H2,1-3H3. The van der Waals surface area contributed by atoms with Crippen molar-refractivity contribution >= 4 is 25.0 Å². The van der Waals surface area contributed by atoms with E-state index in [0.29, 0.717) is 0 Å². The third kappa shape index (κ3) is 3.09. The molecule has 0 atom stereocenters. The van der Waals surface area contributed by atoms with Gasteiger partial charge in [-0.15, -0.1) is 0 Å². The van der Waals surface area contributed by atoms with Crippen LogP contribution in [0.25, 0.3) is 0 Å². The molecule has 2 aliphatic rings. The first-order chi connectivity index (χ1) is 13.3. The average molecular weight is 393 g/mol. The van der Waals surface area contributed by atoms with Crippen LogP contribution >= 0.6 is 0 Å². The van der Waals surface area contributed by atoms with Crippen LogP contribution in [0.3, 0.4) is 0 Å². The monoisotopic (exact) mass is 392 g/mol. The number of carbonyl (C=O) groups is 1. The smallest absolute Gasteiger partial charge is 0.261 e. The third-order valence-electron chi connectivity index (χ3n) is 7.30. The fourth-order valence-corrected chi connectivity index (χ4v) is 10.4. The highest BCUT2D eigenvalue weighted by Crippen LogP contribution is 2.61. The molecule has 0 amide bonds. The zero-order valence-corrected chi connectivity index (χ0v) is 18.4. The summed E-state index contributed by atoms with van der Waals surface area (Å²) in [6.45, 7) is 7.76. The highest BCUT2D eigenvalue weighted by Gasteiger charge is 2.57. The summed E-state index contributed by atoms with van der Waals surface area (Å²) in [7, 11) is -2.48. The van der Waals surface area contributed by atoms with Crippen molar-refractivity contribution in [3.8, 4) is 0 Å². The van der Waals surface area contributed by atoms with E-state index in [4.69, 9.17) is 4.43 Å². The highest BCUT2D eigenvalue weighted by atomic mass is 28.4. The van der Waals surface area contributed by atoms with Crippen LogP contribution in [0.1, 0.15) is 52.9 Å². The van der Waals surface area contributed by atoms with Crippen LogP contribution in [0.4, 0.5) is 0 Å². The van der Waals surface area contributed by atoms with Gasteiger partial charge >= 0.3 is 0 Å². The van der Waals surface area contributed by atoms with Crippen molar-refractivity contribution in [3.05, 3.63) is 60.7 Å². The van der Waals surface area contributed by atoms with Gasteiger partial charge in [-0.05, 0) is 52.9 Å². The fourth-order valence-electron chi connectivity index (χ4n) is 5.76. The molecule has 0 spiro atoms. The molecule has 28 heavy (non-hydrogen) atoms. The van der Waals surface area contributed by atoms with Gasteiger partial charge in [-0.2, -0.15) is 0 Å². The molecular weight excluding hydrogens is 360 g/mol. The van der Waals surface area contributed by atoms with Crippen LogP contribution in [0.2, 0.25) is 5.04 Å². The predicted molar refractivity (Wildman–Crippen MR) is 118 cm³/mol. The molecule has 2 aromatic carbocycles. The van der Waals surface area contributed by atoms with Gasteiger partial charge in [-0.3, -0.25) is 0 Å². The Morgan fingerprint density at radius 3 is 1.79 bits per heavy atom. The van der Waals surface area contributed by atoms with Crippen molar-refractivity contribution < 1.29 is 9.22 Å². The normalized spacial score (nSPS) is 27.1. The lowest BCUT2D eigenvalue weighted by Gasteiger charge is -2.45.